The van der Waals surface area contributed by atoms with E-state index in [0.717, 1.165) is 22.2 Å². The summed E-state index contributed by atoms with van der Waals surface area (Å²) in [6.07, 6.45) is -0.288. The Labute approximate surface area is 171 Å². The summed E-state index contributed by atoms with van der Waals surface area (Å²) in [6, 6.07) is 6.06. The number of amides is 2. The zero-order valence-electron chi connectivity index (χ0n) is 18.0. The molecule has 1 saturated heterocycles. The van der Waals surface area contributed by atoms with Crippen molar-refractivity contribution in [2.24, 2.45) is 17.8 Å². The number of para-hydroxylation sites is 1. The largest absolute Gasteiger partial charge is 0.444 e. The van der Waals surface area contributed by atoms with E-state index in [2.05, 4.69) is 15.5 Å². The third kappa shape index (κ3) is 3.58. The number of fused-ring (bicyclic) bond motifs is 2. The van der Waals surface area contributed by atoms with Crippen molar-refractivity contribution in [2.75, 3.05) is 13.1 Å². The Morgan fingerprint density at radius 3 is 2.45 bits per heavy atom. The van der Waals surface area contributed by atoms with Crippen LogP contribution < -0.4 is 5.32 Å². The number of carbonyl (C=O) groups excluding carboxylic acids is 2. The zero-order valence-corrected chi connectivity index (χ0v) is 18.0. The number of piperidine rings is 1. The second kappa shape index (κ2) is 6.47. The van der Waals surface area contributed by atoms with Crippen LogP contribution in [0, 0.1) is 24.7 Å². The van der Waals surface area contributed by atoms with Crippen LogP contribution in [0.15, 0.2) is 18.2 Å². The molecular weight excluding hydrogens is 368 g/mol. The molecule has 2 aromatic rings. The standard InChI is InChI=1S/C22H30N4O3/c1-12-8-7-9-13-17(12)24-25-18(13)22(5,6)23-19(27)16-14-10-26(11-15(14)16)20(28)29-21(2,3)4/h7-9,14-16H,10-11H2,1-6H3,(H,23,27)(H,24,25)/t14-,15+,16?. The number of rotatable bonds is 3. The van der Waals surface area contributed by atoms with Gasteiger partial charge in [-0.3, -0.25) is 9.89 Å². The molecule has 2 N–H and O–H groups in total. The average Bonchev–Trinajstić information content (AvgIpc) is 2.96. The van der Waals surface area contributed by atoms with Crippen LogP contribution in [0.1, 0.15) is 45.9 Å². The van der Waals surface area contributed by atoms with Gasteiger partial charge in [-0.2, -0.15) is 5.10 Å². The maximum atomic E-state index is 13.0. The minimum atomic E-state index is -0.568. The lowest BCUT2D eigenvalue weighted by Crippen LogP contribution is -2.44. The van der Waals surface area contributed by atoms with Gasteiger partial charge in [0.15, 0.2) is 0 Å². The lowest BCUT2D eigenvalue weighted by Gasteiger charge is -2.28. The first kappa shape index (κ1) is 19.7. The van der Waals surface area contributed by atoms with Crippen LogP contribution in [0.25, 0.3) is 10.9 Å². The Bertz CT molecular complexity index is 960. The molecule has 2 heterocycles. The molecule has 0 bridgehead atoms. The monoisotopic (exact) mass is 398 g/mol. The fourth-order valence-electron chi connectivity index (χ4n) is 4.50. The van der Waals surface area contributed by atoms with Crippen molar-refractivity contribution < 1.29 is 14.3 Å². The average molecular weight is 399 g/mol. The van der Waals surface area contributed by atoms with Gasteiger partial charge in [-0.1, -0.05) is 18.2 Å². The quantitative estimate of drug-likeness (QED) is 0.830. The first-order chi connectivity index (χ1) is 13.5. The predicted octanol–water partition coefficient (Wildman–Crippen LogP) is 3.34. The Balaban J connectivity index is 1.40. The molecule has 1 aromatic carbocycles. The van der Waals surface area contributed by atoms with Crippen molar-refractivity contribution in [1.29, 1.82) is 0 Å². The molecule has 4 rings (SSSR count). The highest BCUT2D eigenvalue weighted by molar-refractivity contribution is 5.87. The van der Waals surface area contributed by atoms with Crippen molar-refractivity contribution in [1.82, 2.24) is 20.4 Å². The van der Waals surface area contributed by atoms with Crippen LogP contribution in [0.4, 0.5) is 4.79 Å². The van der Waals surface area contributed by atoms with Gasteiger partial charge in [0.2, 0.25) is 5.91 Å². The second-order valence-corrected chi connectivity index (χ2v) is 9.92. The number of aromatic amines is 1. The first-order valence-electron chi connectivity index (χ1n) is 10.2. The number of nitrogens with one attached hydrogen (secondary N) is 2. The number of likely N-dealkylation sites (tertiary alicyclic amines) is 1. The molecule has 156 valence electrons. The molecule has 1 saturated carbocycles. The van der Waals surface area contributed by atoms with E-state index in [-0.39, 0.29) is 29.8 Å². The van der Waals surface area contributed by atoms with Crippen LogP contribution in [0.3, 0.4) is 0 Å². The number of hydrogen-bond acceptors (Lipinski definition) is 4. The van der Waals surface area contributed by atoms with E-state index in [1.165, 1.54) is 0 Å². The van der Waals surface area contributed by atoms with Crippen molar-refractivity contribution in [2.45, 2.75) is 52.7 Å². The Morgan fingerprint density at radius 1 is 1.17 bits per heavy atom. The fraction of sp³-hybridized carbons (Fsp3) is 0.591. The molecule has 1 aromatic heterocycles. The van der Waals surface area contributed by atoms with Gasteiger partial charge in [-0.15, -0.1) is 0 Å². The van der Waals surface area contributed by atoms with Gasteiger partial charge in [0, 0.05) is 24.4 Å². The Hall–Kier alpha value is -2.57. The van der Waals surface area contributed by atoms with Crippen LogP contribution in [-0.4, -0.2) is 45.8 Å². The summed E-state index contributed by atoms with van der Waals surface area (Å²) >= 11 is 0. The molecule has 0 radical (unpaired) electrons. The summed E-state index contributed by atoms with van der Waals surface area (Å²) in [4.78, 5) is 26.9. The highest BCUT2D eigenvalue weighted by atomic mass is 16.6. The number of nitrogens with zero attached hydrogens (tertiary/aromatic N) is 2. The number of aryl methyl sites for hydroxylation is 1. The van der Waals surface area contributed by atoms with E-state index in [1.54, 1.807) is 4.90 Å². The molecule has 3 atom stereocenters. The van der Waals surface area contributed by atoms with Crippen molar-refractivity contribution in [3.8, 4) is 0 Å². The van der Waals surface area contributed by atoms with Crippen molar-refractivity contribution in [3.63, 3.8) is 0 Å². The molecule has 1 aliphatic heterocycles. The lowest BCUT2D eigenvalue weighted by molar-refractivity contribution is -0.125. The third-order valence-electron chi connectivity index (χ3n) is 6.00. The SMILES string of the molecule is Cc1cccc2c(C(C)(C)NC(=O)C3[C@H]4CN(C(=O)OC(C)(C)C)C[C@@H]34)[nH]nc12. The summed E-state index contributed by atoms with van der Waals surface area (Å²) in [5, 5.41) is 11.8. The minimum absolute atomic E-state index is 0.0381. The maximum absolute atomic E-state index is 13.0. The summed E-state index contributed by atoms with van der Waals surface area (Å²) in [7, 11) is 0. The molecule has 1 aliphatic carbocycles. The van der Waals surface area contributed by atoms with Gasteiger partial charge in [0.25, 0.3) is 0 Å². The zero-order chi connectivity index (χ0) is 21.1. The van der Waals surface area contributed by atoms with E-state index >= 15 is 0 Å². The summed E-state index contributed by atoms with van der Waals surface area (Å²) in [5.41, 5.74) is 1.87. The molecule has 29 heavy (non-hydrogen) atoms. The number of aromatic nitrogens is 2. The van der Waals surface area contributed by atoms with Gasteiger partial charge < -0.3 is 15.0 Å². The second-order valence-electron chi connectivity index (χ2n) is 9.92. The molecular formula is C22H30N4O3. The molecule has 7 heteroatoms. The minimum Gasteiger partial charge on any atom is -0.444 e. The fourth-order valence-corrected chi connectivity index (χ4v) is 4.50. The third-order valence-corrected chi connectivity index (χ3v) is 6.00. The van der Waals surface area contributed by atoms with Crippen molar-refractivity contribution in [3.05, 3.63) is 29.5 Å². The van der Waals surface area contributed by atoms with Crippen LogP contribution in [0.2, 0.25) is 0 Å². The van der Waals surface area contributed by atoms with E-state index in [9.17, 15) is 9.59 Å². The normalized spacial score (nSPS) is 23.8. The summed E-state index contributed by atoms with van der Waals surface area (Å²) in [6.45, 7) is 12.8. The Morgan fingerprint density at radius 2 is 1.83 bits per heavy atom. The number of carbonyl (C=O) groups is 2. The van der Waals surface area contributed by atoms with E-state index < -0.39 is 11.1 Å². The first-order valence-corrected chi connectivity index (χ1v) is 10.2. The highest BCUT2D eigenvalue weighted by Gasteiger charge is 2.61. The van der Waals surface area contributed by atoms with Crippen molar-refractivity contribution >= 4 is 22.9 Å². The number of benzene rings is 1. The number of H-pyrrole nitrogens is 1. The van der Waals surface area contributed by atoms with Gasteiger partial charge in [0.05, 0.1) is 16.7 Å². The van der Waals surface area contributed by atoms with Crippen LogP contribution >= 0.6 is 0 Å². The molecule has 2 fully saturated rings. The van der Waals surface area contributed by atoms with Crippen LogP contribution in [-0.2, 0) is 15.1 Å². The molecule has 2 amide bonds. The number of hydrogen-bond donors (Lipinski definition) is 2. The Kier molecular flexibility index (Phi) is 4.40. The maximum Gasteiger partial charge on any atom is 0.410 e. The molecule has 2 aliphatic rings. The van der Waals surface area contributed by atoms with Gasteiger partial charge >= 0.3 is 6.09 Å². The number of ether oxygens (including phenoxy) is 1. The topological polar surface area (TPSA) is 87.3 Å². The van der Waals surface area contributed by atoms with E-state index in [4.69, 9.17) is 4.74 Å². The van der Waals surface area contributed by atoms with E-state index in [0.29, 0.717) is 13.1 Å². The highest BCUT2D eigenvalue weighted by Crippen LogP contribution is 2.52. The lowest BCUT2D eigenvalue weighted by atomic mass is 9.96. The smallest absolute Gasteiger partial charge is 0.410 e. The summed E-state index contributed by atoms with van der Waals surface area (Å²) in [5.74, 6) is 0.450. The van der Waals surface area contributed by atoms with Crippen LogP contribution in [0.5, 0.6) is 0 Å². The summed E-state index contributed by atoms with van der Waals surface area (Å²) < 4.78 is 5.44. The predicted molar refractivity (Wildman–Crippen MR) is 110 cm³/mol. The molecule has 0 spiro atoms. The molecule has 7 nitrogen and oxygen atoms in total. The van der Waals surface area contributed by atoms with Gasteiger partial charge in [0.1, 0.15) is 5.60 Å². The van der Waals surface area contributed by atoms with Gasteiger partial charge in [-0.25, -0.2) is 4.79 Å². The van der Waals surface area contributed by atoms with Gasteiger partial charge in [-0.05, 0) is 58.9 Å². The van der Waals surface area contributed by atoms with E-state index in [1.807, 2.05) is 59.7 Å². The molecule has 1 unspecified atom stereocenters.